The number of ether oxygens (including phenoxy) is 1. The highest BCUT2D eigenvalue weighted by molar-refractivity contribution is 7.33. The van der Waals surface area contributed by atoms with Crippen molar-refractivity contribution in [2.24, 2.45) is 0 Å². The van der Waals surface area contributed by atoms with Crippen molar-refractivity contribution in [1.82, 2.24) is 9.55 Å². The van der Waals surface area contributed by atoms with Gasteiger partial charge in [-0.2, -0.15) is 4.98 Å². The first-order valence-electron chi connectivity index (χ1n) is 5.95. The van der Waals surface area contributed by atoms with Crippen LogP contribution < -0.4 is 11.4 Å². The van der Waals surface area contributed by atoms with Crippen LogP contribution in [-0.2, 0) is 18.3 Å². The molecule has 0 aromatic carbocycles. The van der Waals surface area contributed by atoms with Crippen LogP contribution in [-0.4, -0.2) is 40.1 Å². The third-order valence-corrected chi connectivity index (χ3v) is 3.79. The van der Waals surface area contributed by atoms with Crippen LogP contribution in [0.4, 0.5) is 5.82 Å². The maximum absolute atomic E-state index is 11.7. The van der Waals surface area contributed by atoms with Crippen LogP contribution in [0.5, 0.6) is 0 Å². The van der Waals surface area contributed by atoms with E-state index in [2.05, 4.69) is 4.98 Å². The maximum Gasteiger partial charge on any atom is 0.351 e. The van der Waals surface area contributed by atoms with Crippen molar-refractivity contribution in [3.63, 3.8) is 0 Å². The van der Waals surface area contributed by atoms with E-state index in [1.807, 2.05) is 0 Å². The number of aliphatic hydroxyl groups is 1. The minimum absolute atomic E-state index is 0.0621. The van der Waals surface area contributed by atoms with Crippen LogP contribution in [0.3, 0.4) is 0 Å². The molecule has 0 radical (unpaired) electrons. The molecule has 20 heavy (non-hydrogen) atoms. The molecule has 3 N–H and O–H groups in total. The van der Waals surface area contributed by atoms with Crippen molar-refractivity contribution >= 4 is 14.1 Å². The Morgan fingerprint density at radius 3 is 3.10 bits per heavy atom. The Kier molecular flexibility index (Phi) is 4.90. The van der Waals surface area contributed by atoms with E-state index in [9.17, 15) is 14.5 Å². The molecule has 1 saturated heterocycles. The zero-order valence-electron chi connectivity index (χ0n) is 10.8. The lowest BCUT2D eigenvalue weighted by atomic mass is 10.2. The summed E-state index contributed by atoms with van der Waals surface area (Å²) >= 11 is 0. The van der Waals surface area contributed by atoms with Gasteiger partial charge in [0.25, 0.3) is 0 Å². The van der Waals surface area contributed by atoms with Crippen LogP contribution >= 0.6 is 8.25 Å². The van der Waals surface area contributed by atoms with Crippen molar-refractivity contribution in [3.8, 4) is 0 Å². The van der Waals surface area contributed by atoms with E-state index in [0.29, 0.717) is 0 Å². The highest BCUT2D eigenvalue weighted by atomic mass is 31.1. The summed E-state index contributed by atoms with van der Waals surface area (Å²) in [7, 11) is -2.48. The van der Waals surface area contributed by atoms with E-state index in [1.54, 1.807) is 6.92 Å². The second-order valence-electron chi connectivity index (χ2n) is 4.24. The molecule has 10 heteroatoms. The van der Waals surface area contributed by atoms with Gasteiger partial charge in [0.05, 0.1) is 19.3 Å². The lowest BCUT2D eigenvalue weighted by molar-refractivity contribution is -0.140. The zero-order valence-corrected chi connectivity index (χ0v) is 11.8. The third kappa shape index (κ3) is 3.44. The molecule has 1 aliphatic heterocycles. The number of anilines is 1. The first-order valence-corrected chi connectivity index (χ1v) is 7.18. The van der Waals surface area contributed by atoms with Crippen molar-refractivity contribution in [1.29, 1.82) is 0 Å². The Hall–Kier alpha value is -1.25. The van der Waals surface area contributed by atoms with Crippen molar-refractivity contribution < 1.29 is 23.5 Å². The summed E-state index contributed by atoms with van der Waals surface area (Å²) in [5.41, 5.74) is 4.76. The van der Waals surface area contributed by atoms with Gasteiger partial charge in [-0.05, 0) is 13.0 Å². The van der Waals surface area contributed by atoms with Gasteiger partial charge in [0, 0.05) is 6.20 Å². The summed E-state index contributed by atoms with van der Waals surface area (Å²) in [5, 5.41) is 9.36. The minimum Gasteiger partial charge on any atom is -0.392 e. The molecule has 0 saturated carbocycles. The molecular weight excluding hydrogens is 289 g/mol. The van der Waals surface area contributed by atoms with Gasteiger partial charge in [0.1, 0.15) is 11.9 Å². The number of rotatable bonds is 4. The molecule has 1 fully saturated rings. The summed E-state index contributed by atoms with van der Waals surface area (Å²) in [6.45, 7) is 1.30. The van der Waals surface area contributed by atoms with Gasteiger partial charge < -0.3 is 24.6 Å². The van der Waals surface area contributed by atoms with Crippen molar-refractivity contribution in [3.05, 3.63) is 22.7 Å². The molecule has 112 valence electrons. The summed E-state index contributed by atoms with van der Waals surface area (Å²) in [4.78, 5) is 15.2. The van der Waals surface area contributed by atoms with E-state index >= 15 is 0 Å². The highest BCUT2D eigenvalue weighted by Crippen LogP contribution is 2.34. The van der Waals surface area contributed by atoms with Gasteiger partial charge in [-0.3, -0.25) is 9.13 Å². The van der Waals surface area contributed by atoms with Gasteiger partial charge in [-0.15, -0.1) is 0 Å². The van der Waals surface area contributed by atoms with Gasteiger partial charge in [-0.1, -0.05) is 0 Å². The van der Waals surface area contributed by atoms with Crippen LogP contribution in [0.1, 0.15) is 13.2 Å². The lowest BCUT2D eigenvalue weighted by Gasteiger charge is -2.31. The molecule has 0 spiro atoms. The second-order valence-corrected chi connectivity index (χ2v) is 5.26. The smallest absolute Gasteiger partial charge is 0.351 e. The average molecular weight is 305 g/mol. The summed E-state index contributed by atoms with van der Waals surface area (Å²) in [6, 6.07) is 1.42. The normalized spacial score (nSPS) is 28.2. The Morgan fingerprint density at radius 2 is 2.50 bits per heavy atom. The molecule has 2 heterocycles. The Bertz CT molecular complexity index is 550. The fraction of sp³-hybridized carbons (Fsp3) is 0.600. The van der Waals surface area contributed by atoms with Crippen LogP contribution in [0, 0.1) is 0 Å². The van der Waals surface area contributed by atoms with Crippen molar-refractivity contribution in [2.75, 3.05) is 18.9 Å². The molecule has 0 amide bonds. The molecule has 0 bridgehead atoms. The molecule has 1 unspecified atom stereocenters. The summed E-state index contributed by atoms with van der Waals surface area (Å²) in [5.74, 6) is 0.0826. The monoisotopic (exact) mass is 305 g/mol. The van der Waals surface area contributed by atoms with Crippen LogP contribution in [0.2, 0.25) is 0 Å². The van der Waals surface area contributed by atoms with Gasteiger partial charge in [-0.25, -0.2) is 4.79 Å². The van der Waals surface area contributed by atoms with Gasteiger partial charge in [0.2, 0.25) is 0 Å². The van der Waals surface area contributed by atoms with E-state index < -0.39 is 39.0 Å². The number of aromatic nitrogens is 2. The lowest BCUT2D eigenvalue weighted by Crippen LogP contribution is -2.40. The quantitative estimate of drug-likeness (QED) is 0.715. The predicted molar refractivity (Wildman–Crippen MR) is 69.4 cm³/mol. The SMILES string of the molecule is C[C@@H]1O[PH](=O)OC[C@H]1O[C@H](CO)n1ccc(N)nc1=O. The summed E-state index contributed by atoms with van der Waals surface area (Å²) in [6.07, 6.45) is -0.597. The number of nitrogen functional groups attached to an aromatic ring is 1. The van der Waals surface area contributed by atoms with E-state index in [-0.39, 0.29) is 12.4 Å². The van der Waals surface area contributed by atoms with Gasteiger partial charge in [0.15, 0.2) is 6.23 Å². The fourth-order valence-electron chi connectivity index (χ4n) is 1.74. The Morgan fingerprint density at radius 1 is 1.75 bits per heavy atom. The third-order valence-electron chi connectivity index (χ3n) is 2.82. The molecule has 0 aliphatic carbocycles. The molecular formula is C10H16N3O6P. The standard InChI is InChI=1S/C10H16N3O6P/c1-6-7(5-17-20(16)19-6)18-9(4-14)13-3-2-8(11)12-10(13)15/h2-3,6-7,9,14,20H,4-5H2,1H3,(H2,11,12,15)/t6-,7+,9+/m0/s1. The molecule has 1 aromatic rings. The zero-order chi connectivity index (χ0) is 14.7. The molecule has 1 aromatic heterocycles. The highest BCUT2D eigenvalue weighted by Gasteiger charge is 2.30. The number of aliphatic hydroxyl groups excluding tert-OH is 1. The summed E-state index contributed by atoms with van der Waals surface area (Å²) < 4.78 is 27.7. The average Bonchev–Trinajstić information content (AvgIpc) is 2.39. The molecule has 2 rings (SSSR count). The van der Waals surface area contributed by atoms with Crippen LogP contribution in [0.15, 0.2) is 17.1 Å². The number of hydrogen-bond acceptors (Lipinski definition) is 8. The van der Waals surface area contributed by atoms with Gasteiger partial charge >= 0.3 is 13.9 Å². The fourth-order valence-corrected chi connectivity index (χ4v) is 2.56. The van der Waals surface area contributed by atoms with E-state index in [4.69, 9.17) is 19.5 Å². The van der Waals surface area contributed by atoms with E-state index in [1.165, 1.54) is 12.3 Å². The topological polar surface area (TPSA) is 126 Å². The second kappa shape index (κ2) is 6.47. The first kappa shape index (κ1) is 15.1. The Labute approximate surface area is 115 Å². The minimum atomic E-state index is -2.48. The molecule has 1 aliphatic rings. The van der Waals surface area contributed by atoms with E-state index in [0.717, 1.165) is 4.57 Å². The number of nitrogens with two attached hydrogens (primary N) is 1. The number of hydrogen-bond donors (Lipinski definition) is 2. The molecule has 9 nitrogen and oxygen atoms in total. The first-order chi connectivity index (χ1) is 9.51. The predicted octanol–water partition coefficient (Wildman–Crippen LogP) is -0.473. The van der Waals surface area contributed by atoms with Crippen LogP contribution in [0.25, 0.3) is 0 Å². The largest absolute Gasteiger partial charge is 0.392 e. The maximum atomic E-state index is 11.7. The van der Waals surface area contributed by atoms with Crippen molar-refractivity contribution in [2.45, 2.75) is 25.4 Å². The number of nitrogens with zero attached hydrogens (tertiary/aromatic N) is 2. The Balaban J connectivity index is 2.12. The molecule has 4 atom stereocenters.